The molecule has 1 heterocycles. The zero-order valence-corrected chi connectivity index (χ0v) is 14.2. The number of esters is 1. The summed E-state index contributed by atoms with van der Waals surface area (Å²) in [4.78, 5) is 13.5. The van der Waals surface area contributed by atoms with Gasteiger partial charge < -0.3 is 13.9 Å². The van der Waals surface area contributed by atoms with Gasteiger partial charge in [-0.1, -0.05) is 11.6 Å². The number of furan rings is 1. The highest BCUT2D eigenvalue weighted by Gasteiger charge is 2.18. The topological polar surface area (TPSA) is 51.9 Å². The van der Waals surface area contributed by atoms with Crippen LogP contribution in [0.25, 0.3) is 0 Å². The van der Waals surface area contributed by atoms with E-state index in [2.05, 4.69) is 9.64 Å². The highest BCUT2D eigenvalue weighted by molar-refractivity contribution is 6.30. The molecule has 6 heteroatoms. The smallest absolute Gasteiger partial charge is 0.373 e. The van der Waals surface area contributed by atoms with E-state index in [-0.39, 0.29) is 11.8 Å². The van der Waals surface area contributed by atoms with Crippen molar-refractivity contribution in [1.29, 1.82) is 0 Å². The minimum atomic E-state index is -0.475. The van der Waals surface area contributed by atoms with Crippen LogP contribution in [-0.4, -0.2) is 38.2 Å². The number of likely N-dealkylation sites (N-methyl/N-ethyl adjacent to an activating group) is 1. The lowest BCUT2D eigenvalue weighted by Gasteiger charge is -2.22. The van der Waals surface area contributed by atoms with Crippen LogP contribution in [0.2, 0.25) is 5.02 Å². The molecule has 1 aromatic heterocycles. The van der Waals surface area contributed by atoms with Gasteiger partial charge in [0.2, 0.25) is 5.76 Å². The van der Waals surface area contributed by atoms with Gasteiger partial charge in [0.15, 0.2) is 0 Å². The van der Waals surface area contributed by atoms with Gasteiger partial charge in [0, 0.05) is 11.6 Å². The molecule has 0 amide bonds. The zero-order chi connectivity index (χ0) is 16.8. The lowest BCUT2D eigenvalue weighted by molar-refractivity contribution is 0.0559. The van der Waals surface area contributed by atoms with Gasteiger partial charge in [-0.05, 0) is 50.4 Å². The third kappa shape index (κ3) is 4.74. The lowest BCUT2D eigenvalue weighted by Crippen LogP contribution is -2.27. The van der Waals surface area contributed by atoms with Crippen LogP contribution in [0.5, 0.6) is 5.75 Å². The number of rotatable bonds is 7. The predicted molar refractivity (Wildman–Crippen MR) is 88.0 cm³/mol. The molecule has 0 aliphatic carbocycles. The quantitative estimate of drug-likeness (QED) is 0.719. The molecule has 0 saturated heterocycles. The van der Waals surface area contributed by atoms with Crippen molar-refractivity contribution in [2.45, 2.75) is 13.0 Å². The van der Waals surface area contributed by atoms with Crippen LogP contribution in [0.4, 0.5) is 0 Å². The Morgan fingerprint density at radius 2 is 1.96 bits per heavy atom. The number of carbonyl (C=O) groups is 1. The highest BCUT2D eigenvalue weighted by Crippen LogP contribution is 2.22. The van der Waals surface area contributed by atoms with E-state index < -0.39 is 5.97 Å². The summed E-state index contributed by atoms with van der Waals surface area (Å²) in [7, 11) is 3.30. The molecule has 0 unspecified atom stereocenters. The Hall–Kier alpha value is -1.98. The average Bonchev–Trinajstić information content (AvgIpc) is 3.05. The summed E-state index contributed by atoms with van der Waals surface area (Å²) in [5.41, 5.74) is 0. The number of nitrogens with zero attached hydrogens (tertiary/aromatic N) is 1. The molecular weight excluding hydrogens is 318 g/mol. The number of ether oxygens (including phenoxy) is 2. The minimum absolute atomic E-state index is 0.0159. The maximum absolute atomic E-state index is 11.4. The molecule has 2 rings (SSSR count). The van der Waals surface area contributed by atoms with Crippen molar-refractivity contribution in [3.8, 4) is 5.75 Å². The molecule has 0 aliphatic heterocycles. The van der Waals surface area contributed by atoms with E-state index in [1.165, 1.54) is 7.11 Å². The Kier molecular flexibility index (Phi) is 6.07. The SMILES string of the molecule is COC(=O)c1ccc([C@@H](C)N(C)CCOc2ccc(Cl)cc2)o1. The molecule has 0 radical (unpaired) electrons. The van der Waals surface area contributed by atoms with Gasteiger partial charge >= 0.3 is 5.97 Å². The fraction of sp³-hybridized carbons (Fsp3) is 0.353. The Balaban J connectivity index is 1.84. The standard InChI is InChI=1S/C17H20ClNO4/c1-12(15-8-9-16(23-15)17(20)21-3)19(2)10-11-22-14-6-4-13(18)5-7-14/h4-9,12H,10-11H2,1-3H3/t12-/m1/s1. The molecule has 1 aromatic carbocycles. The second-order valence-electron chi connectivity index (χ2n) is 5.15. The third-order valence-corrected chi connectivity index (χ3v) is 3.86. The van der Waals surface area contributed by atoms with Gasteiger partial charge in [-0.15, -0.1) is 0 Å². The molecule has 0 bridgehead atoms. The molecule has 0 aliphatic rings. The molecule has 2 aromatic rings. The fourth-order valence-electron chi connectivity index (χ4n) is 2.04. The van der Waals surface area contributed by atoms with Gasteiger partial charge in [0.05, 0.1) is 13.2 Å². The largest absolute Gasteiger partial charge is 0.492 e. The van der Waals surface area contributed by atoms with Gasteiger partial charge in [0.25, 0.3) is 0 Å². The molecule has 5 nitrogen and oxygen atoms in total. The maximum Gasteiger partial charge on any atom is 0.373 e. The second kappa shape index (κ2) is 8.04. The van der Waals surface area contributed by atoms with Crippen molar-refractivity contribution in [2.75, 3.05) is 27.3 Å². The molecule has 0 N–H and O–H groups in total. The third-order valence-electron chi connectivity index (χ3n) is 3.61. The lowest BCUT2D eigenvalue weighted by atomic mass is 10.2. The second-order valence-corrected chi connectivity index (χ2v) is 5.59. The van der Waals surface area contributed by atoms with Crippen LogP contribution in [0.15, 0.2) is 40.8 Å². The number of carbonyl (C=O) groups excluding carboxylic acids is 1. The summed E-state index contributed by atoms with van der Waals surface area (Å²) in [6, 6.07) is 10.7. The molecule has 23 heavy (non-hydrogen) atoms. The molecule has 0 saturated carbocycles. The van der Waals surface area contributed by atoms with Crippen LogP contribution in [0.1, 0.15) is 29.3 Å². The van der Waals surface area contributed by atoms with E-state index in [0.29, 0.717) is 23.9 Å². The van der Waals surface area contributed by atoms with E-state index in [0.717, 1.165) is 5.75 Å². The van der Waals surface area contributed by atoms with Crippen LogP contribution in [-0.2, 0) is 4.74 Å². The Morgan fingerprint density at radius 1 is 1.26 bits per heavy atom. The van der Waals surface area contributed by atoms with Crippen molar-refractivity contribution in [1.82, 2.24) is 4.90 Å². The van der Waals surface area contributed by atoms with Gasteiger partial charge in [0.1, 0.15) is 18.1 Å². The normalized spacial score (nSPS) is 12.2. The summed E-state index contributed by atoms with van der Waals surface area (Å²) < 4.78 is 15.8. The Morgan fingerprint density at radius 3 is 2.61 bits per heavy atom. The van der Waals surface area contributed by atoms with Crippen molar-refractivity contribution in [3.63, 3.8) is 0 Å². The van der Waals surface area contributed by atoms with E-state index >= 15 is 0 Å². The van der Waals surface area contributed by atoms with Crippen LogP contribution in [0, 0.1) is 0 Å². The summed E-state index contributed by atoms with van der Waals surface area (Å²) in [6.07, 6.45) is 0. The Bertz CT molecular complexity index is 638. The number of hydrogen-bond acceptors (Lipinski definition) is 5. The molecule has 124 valence electrons. The van der Waals surface area contributed by atoms with Gasteiger partial charge in [-0.2, -0.15) is 0 Å². The summed E-state index contributed by atoms with van der Waals surface area (Å²) in [6.45, 7) is 3.24. The number of methoxy groups -OCH3 is 1. The maximum atomic E-state index is 11.4. The summed E-state index contributed by atoms with van der Waals surface area (Å²) in [5.74, 6) is 1.22. The molecule has 0 fully saturated rings. The first-order chi connectivity index (χ1) is 11.0. The van der Waals surface area contributed by atoms with Crippen molar-refractivity contribution in [3.05, 3.63) is 52.9 Å². The first-order valence-corrected chi connectivity index (χ1v) is 7.65. The summed E-state index contributed by atoms with van der Waals surface area (Å²) >= 11 is 5.83. The number of hydrogen-bond donors (Lipinski definition) is 0. The fourth-order valence-corrected chi connectivity index (χ4v) is 2.16. The summed E-state index contributed by atoms with van der Waals surface area (Å²) in [5, 5.41) is 0.683. The van der Waals surface area contributed by atoms with E-state index in [4.69, 9.17) is 20.8 Å². The van der Waals surface area contributed by atoms with E-state index in [1.54, 1.807) is 24.3 Å². The molecule has 1 atom stereocenters. The van der Waals surface area contributed by atoms with E-state index in [1.807, 2.05) is 26.1 Å². The molecular formula is C17H20ClNO4. The van der Waals surface area contributed by atoms with Crippen LogP contribution in [0.3, 0.4) is 0 Å². The number of halogens is 1. The van der Waals surface area contributed by atoms with Crippen molar-refractivity contribution < 1.29 is 18.7 Å². The Labute approximate surface area is 140 Å². The van der Waals surface area contributed by atoms with Crippen LogP contribution >= 0.6 is 11.6 Å². The minimum Gasteiger partial charge on any atom is -0.492 e. The van der Waals surface area contributed by atoms with E-state index in [9.17, 15) is 4.79 Å². The van der Waals surface area contributed by atoms with Gasteiger partial charge in [-0.25, -0.2) is 4.79 Å². The van der Waals surface area contributed by atoms with Crippen LogP contribution < -0.4 is 4.74 Å². The van der Waals surface area contributed by atoms with Crippen molar-refractivity contribution >= 4 is 17.6 Å². The number of benzene rings is 1. The van der Waals surface area contributed by atoms with Crippen molar-refractivity contribution in [2.24, 2.45) is 0 Å². The predicted octanol–water partition coefficient (Wildman–Crippen LogP) is 3.79. The first kappa shape index (κ1) is 17.4. The van der Waals surface area contributed by atoms with Gasteiger partial charge in [-0.3, -0.25) is 4.90 Å². The zero-order valence-electron chi connectivity index (χ0n) is 13.4. The monoisotopic (exact) mass is 337 g/mol. The highest BCUT2D eigenvalue weighted by atomic mass is 35.5. The molecule has 0 spiro atoms. The average molecular weight is 338 g/mol. The first-order valence-electron chi connectivity index (χ1n) is 7.28.